The van der Waals surface area contributed by atoms with Gasteiger partial charge >= 0.3 is 0 Å². The summed E-state index contributed by atoms with van der Waals surface area (Å²) in [5, 5.41) is 0. The zero-order valence-corrected chi connectivity index (χ0v) is 19.1. The smallest absolute Gasteiger partial charge is 0.246 e. The molecule has 31 heavy (non-hydrogen) atoms. The van der Waals surface area contributed by atoms with Crippen LogP contribution < -0.4 is 4.74 Å². The molecule has 2 aromatic rings. The van der Waals surface area contributed by atoms with Gasteiger partial charge in [0, 0.05) is 26.2 Å². The highest BCUT2D eigenvalue weighted by Crippen LogP contribution is 2.35. The largest absolute Gasteiger partial charge is 0.456 e. The van der Waals surface area contributed by atoms with E-state index in [0.29, 0.717) is 31.9 Å². The van der Waals surface area contributed by atoms with E-state index in [4.69, 9.17) is 4.74 Å². The van der Waals surface area contributed by atoms with E-state index in [-0.39, 0.29) is 15.5 Å². The van der Waals surface area contributed by atoms with E-state index < -0.39 is 20.0 Å². The SMILES string of the molecule is O=S(=O)(c1ccc(Oc2ccccc2)c(S(=O)(=O)N2CCCCC2)c1)N1CCCCC1. The van der Waals surface area contributed by atoms with E-state index in [2.05, 4.69) is 0 Å². The number of rotatable bonds is 6. The van der Waals surface area contributed by atoms with Gasteiger partial charge in [0.05, 0.1) is 4.90 Å². The summed E-state index contributed by atoms with van der Waals surface area (Å²) in [5.41, 5.74) is 0. The second-order valence-electron chi connectivity index (χ2n) is 7.95. The Morgan fingerprint density at radius 2 is 1.19 bits per heavy atom. The van der Waals surface area contributed by atoms with Gasteiger partial charge in [-0.05, 0) is 56.0 Å². The van der Waals surface area contributed by atoms with Gasteiger partial charge in [0.25, 0.3) is 0 Å². The van der Waals surface area contributed by atoms with Gasteiger partial charge in [0.15, 0.2) is 0 Å². The molecule has 168 valence electrons. The molecule has 9 heteroatoms. The van der Waals surface area contributed by atoms with E-state index in [0.717, 1.165) is 38.5 Å². The van der Waals surface area contributed by atoms with Gasteiger partial charge in [0.2, 0.25) is 20.0 Å². The van der Waals surface area contributed by atoms with Crippen molar-refractivity contribution in [3.63, 3.8) is 0 Å². The fourth-order valence-corrected chi connectivity index (χ4v) is 7.32. The van der Waals surface area contributed by atoms with Crippen LogP contribution in [0.25, 0.3) is 0 Å². The molecule has 0 saturated carbocycles. The summed E-state index contributed by atoms with van der Waals surface area (Å²) >= 11 is 0. The first kappa shape index (κ1) is 22.3. The van der Waals surface area contributed by atoms with Gasteiger partial charge in [-0.3, -0.25) is 0 Å². The van der Waals surface area contributed by atoms with Gasteiger partial charge in [-0.25, -0.2) is 16.8 Å². The van der Waals surface area contributed by atoms with Crippen molar-refractivity contribution in [3.8, 4) is 11.5 Å². The summed E-state index contributed by atoms with van der Waals surface area (Å²) in [6, 6.07) is 13.1. The summed E-state index contributed by atoms with van der Waals surface area (Å²) in [5.74, 6) is 0.624. The number of hydrogen-bond acceptors (Lipinski definition) is 5. The predicted molar refractivity (Wildman–Crippen MR) is 118 cm³/mol. The van der Waals surface area contributed by atoms with Gasteiger partial charge in [-0.15, -0.1) is 0 Å². The third-order valence-electron chi connectivity index (χ3n) is 5.77. The fourth-order valence-electron chi connectivity index (χ4n) is 4.05. The van der Waals surface area contributed by atoms with E-state index in [1.807, 2.05) is 6.07 Å². The van der Waals surface area contributed by atoms with Crippen LogP contribution in [0.4, 0.5) is 0 Å². The molecule has 0 spiro atoms. The van der Waals surface area contributed by atoms with E-state index in [1.54, 1.807) is 24.3 Å². The molecule has 0 radical (unpaired) electrons. The molecule has 0 aromatic heterocycles. The first-order valence-corrected chi connectivity index (χ1v) is 13.6. The average Bonchev–Trinajstić information content (AvgIpc) is 2.81. The summed E-state index contributed by atoms with van der Waals surface area (Å²) in [6.45, 7) is 1.77. The number of benzene rings is 2. The van der Waals surface area contributed by atoms with Crippen molar-refractivity contribution in [2.75, 3.05) is 26.2 Å². The molecule has 2 aromatic carbocycles. The van der Waals surface area contributed by atoms with Crippen molar-refractivity contribution in [1.29, 1.82) is 0 Å². The standard InChI is InChI=1S/C22H28N2O5S2/c25-30(26,23-14-6-2-7-15-23)20-12-13-21(29-19-10-4-1-5-11-19)22(18-20)31(27,28)24-16-8-3-9-17-24/h1,4-5,10-13,18H,2-3,6-9,14-17H2. The van der Waals surface area contributed by atoms with Crippen LogP contribution in [-0.4, -0.2) is 51.6 Å². The lowest BCUT2D eigenvalue weighted by Gasteiger charge is -2.28. The molecule has 2 heterocycles. The van der Waals surface area contributed by atoms with Crippen molar-refractivity contribution >= 4 is 20.0 Å². The predicted octanol–water partition coefficient (Wildman–Crippen LogP) is 3.83. The van der Waals surface area contributed by atoms with Crippen LogP contribution in [0.3, 0.4) is 0 Å². The lowest BCUT2D eigenvalue weighted by molar-refractivity contribution is 0.344. The Balaban J connectivity index is 1.77. The number of nitrogens with zero attached hydrogens (tertiary/aromatic N) is 2. The molecule has 2 aliphatic rings. The van der Waals surface area contributed by atoms with Crippen LogP contribution >= 0.6 is 0 Å². The zero-order valence-electron chi connectivity index (χ0n) is 17.4. The molecule has 7 nitrogen and oxygen atoms in total. The minimum atomic E-state index is -3.90. The van der Waals surface area contributed by atoms with Gasteiger partial charge in [-0.1, -0.05) is 31.0 Å². The Morgan fingerprint density at radius 1 is 0.645 bits per heavy atom. The van der Waals surface area contributed by atoms with Gasteiger partial charge in [0.1, 0.15) is 16.4 Å². The summed E-state index contributed by atoms with van der Waals surface area (Å²) in [6.07, 6.45) is 5.20. The maximum atomic E-state index is 13.5. The van der Waals surface area contributed by atoms with Crippen LogP contribution in [0.15, 0.2) is 58.3 Å². The van der Waals surface area contributed by atoms with Crippen LogP contribution in [0.1, 0.15) is 38.5 Å². The fraction of sp³-hybridized carbons (Fsp3) is 0.455. The zero-order chi connectivity index (χ0) is 21.9. The maximum absolute atomic E-state index is 13.5. The highest BCUT2D eigenvalue weighted by Gasteiger charge is 2.33. The van der Waals surface area contributed by atoms with E-state index in [9.17, 15) is 16.8 Å². The number of ether oxygens (including phenoxy) is 1. The minimum absolute atomic E-state index is 0.00889. The third kappa shape index (κ3) is 4.79. The molecule has 2 aliphatic heterocycles. The van der Waals surface area contributed by atoms with Crippen LogP contribution in [0.2, 0.25) is 0 Å². The number of sulfonamides is 2. The Kier molecular flexibility index (Phi) is 6.66. The number of para-hydroxylation sites is 1. The molecule has 0 unspecified atom stereocenters. The van der Waals surface area contributed by atoms with E-state index >= 15 is 0 Å². The Hall–Kier alpha value is -1.94. The van der Waals surface area contributed by atoms with Crippen molar-refractivity contribution < 1.29 is 21.6 Å². The van der Waals surface area contributed by atoms with Crippen molar-refractivity contribution in [2.24, 2.45) is 0 Å². The molecular formula is C22H28N2O5S2. The molecule has 0 atom stereocenters. The summed E-state index contributed by atoms with van der Waals surface area (Å²) in [7, 11) is -7.67. The lowest BCUT2D eigenvalue weighted by Crippen LogP contribution is -2.37. The van der Waals surface area contributed by atoms with Gasteiger partial charge < -0.3 is 4.74 Å². The minimum Gasteiger partial charge on any atom is -0.456 e. The Morgan fingerprint density at radius 3 is 1.77 bits per heavy atom. The average molecular weight is 465 g/mol. The lowest BCUT2D eigenvalue weighted by atomic mass is 10.2. The van der Waals surface area contributed by atoms with Crippen molar-refractivity contribution in [3.05, 3.63) is 48.5 Å². The quantitative estimate of drug-likeness (QED) is 0.649. The van der Waals surface area contributed by atoms with Crippen LogP contribution in [0, 0.1) is 0 Å². The molecule has 0 bridgehead atoms. The summed E-state index contributed by atoms with van der Waals surface area (Å²) < 4.78 is 62.1. The molecule has 0 amide bonds. The topological polar surface area (TPSA) is 84.0 Å². The second kappa shape index (κ2) is 9.28. The molecular weight excluding hydrogens is 436 g/mol. The number of hydrogen-bond donors (Lipinski definition) is 0. The van der Waals surface area contributed by atoms with Crippen LogP contribution in [0.5, 0.6) is 11.5 Å². The Labute approximate surface area is 184 Å². The number of piperidine rings is 2. The summed E-state index contributed by atoms with van der Waals surface area (Å²) in [4.78, 5) is -0.110. The molecule has 2 saturated heterocycles. The highest BCUT2D eigenvalue weighted by atomic mass is 32.2. The first-order valence-electron chi connectivity index (χ1n) is 10.8. The molecule has 2 fully saturated rings. The Bertz CT molecular complexity index is 1110. The monoisotopic (exact) mass is 464 g/mol. The molecule has 0 N–H and O–H groups in total. The highest BCUT2D eigenvalue weighted by molar-refractivity contribution is 7.90. The van der Waals surface area contributed by atoms with E-state index in [1.165, 1.54) is 26.8 Å². The van der Waals surface area contributed by atoms with Gasteiger partial charge in [-0.2, -0.15) is 8.61 Å². The van der Waals surface area contributed by atoms with Crippen molar-refractivity contribution in [2.45, 2.75) is 48.3 Å². The molecule has 4 rings (SSSR count). The normalized spacial score (nSPS) is 19.2. The maximum Gasteiger partial charge on any atom is 0.246 e. The molecule has 0 aliphatic carbocycles. The van der Waals surface area contributed by atoms with Crippen LogP contribution in [-0.2, 0) is 20.0 Å². The first-order chi connectivity index (χ1) is 14.9. The van der Waals surface area contributed by atoms with Crippen molar-refractivity contribution in [1.82, 2.24) is 8.61 Å². The second-order valence-corrected chi connectivity index (χ2v) is 11.8. The third-order valence-corrected chi connectivity index (χ3v) is 9.59.